The first-order valence-corrected chi connectivity index (χ1v) is 3.15. The van der Waals surface area contributed by atoms with Crippen LogP contribution in [0.3, 0.4) is 0 Å². The average Bonchev–Trinajstić information content (AvgIpc) is 1.59. The highest BCUT2D eigenvalue weighted by atomic mass is 35.5. The molecule has 0 heterocycles. The van der Waals surface area contributed by atoms with Crippen molar-refractivity contribution in [2.75, 3.05) is 0 Å². The number of benzene rings is 1. The molecule has 0 unspecified atom stereocenters. The zero-order chi connectivity index (χ0) is 6.85. The van der Waals surface area contributed by atoms with Gasteiger partial charge in [-0.25, -0.2) is 0 Å². The Kier molecular flexibility index (Phi) is 2.04. The normalized spacial score (nSPS) is 9.56. The molecule has 0 spiro atoms. The Balaban J connectivity index is 3.17. The van der Waals surface area contributed by atoms with E-state index in [1.165, 1.54) is 0 Å². The van der Waals surface area contributed by atoms with E-state index >= 15 is 0 Å². The third kappa shape index (κ3) is 1.92. The number of rotatable bonds is 0. The van der Waals surface area contributed by atoms with Gasteiger partial charge in [0, 0.05) is 10.0 Å². The predicted octanol–water partition coefficient (Wildman–Crippen LogP) is 1.79. The average molecular weight is 157 g/mol. The van der Waals surface area contributed by atoms with E-state index in [0.717, 1.165) is 0 Å². The van der Waals surface area contributed by atoms with Gasteiger partial charge in [0.2, 0.25) is 0 Å². The van der Waals surface area contributed by atoms with Gasteiger partial charge in [-0.3, -0.25) is 0 Å². The molecule has 2 radical (unpaired) electrons. The van der Waals surface area contributed by atoms with E-state index in [1.54, 1.807) is 18.2 Å². The van der Waals surface area contributed by atoms with E-state index < -0.39 is 0 Å². The van der Waals surface area contributed by atoms with E-state index in [4.69, 9.17) is 31.0 Å². The first kappa shape index (κ1) is 6.98. The molecule has 44 valence electrons. The van der Waals surface area contributed by atoms with Gasteiger partial charge in [-0.1, -0.05) is 40.8 Å². The SMILES string of the molecule is [B]c1cc(Cl)cc(Cl)c1. The van der Waals surface area contributed by atoms with Gasteiger partial charge in [0.25, 0.3) is 0 Å². The van der Waals surface area contributed by atoms with Gasteiger partial charge in [-0.15, -0.1) is 0 Å². The van der Waals surface area contributed by atoms with Gasteiger partial charge in [0.15, 0.2) is 0 Å². The topological polar surface area (TPSA) is 0 Å². The molecule has 0 bridgehead atoms. The Morgan fingerprint density at radius 1 is 1.00 bits per heavy atom. The highest BCUT2D eigenvalue weighted by molar-refractivity contribution is 6.39. The van der Waals surface area contributed by atoms with Crippen molar-refractivity contribution in [3.05, 3.63) is 28.2 Å². The van der Waals surface area contributed by atoms with E-state index in [1.807, 2.05) is 0 Å². The fourth-order valence-corrected chi connectivity index (χ4v) is 1.12. The van der Waals surface area contributed by atoms with Crippen molar-refractivity contribution in [3.63, 3.8) is 0 Å². The number of hydrogen-bond acceptors (Lipinski definition) is 0. The van der Waals surface area contributed by atoms with Gasteiger partial charge >= 0.3 is 0 Å². The van der Waals surface area contributed by atoms with Crippen LogP contribution in [-0.4, -0.2) is 7.85 Å². The fraction of sp³-hybridized carbons (Fsp3) is 0. The van der Waals surface area contributed by atoms with E-state index in [0.29, 0.717) is 15.5 Å². The summed E-state index contributed by atoms with van der Waals surface area (Å²) in [6.45, 7) is 0. The van der Waals surface area contributed by atoms with Crippen LogP contribution >= 0.6 is 23.2 Å². The predicted molar refractivity (Wildman–Crippen MR) is 41.9 cm³/mol. The molecule has 0 atom stereocenters. The lowest BCUT2D eigenvalue weighted by atomic mass is 9.97. The van der Waals surface area contributed by atoms with Crippen molar-refractivity contribution in [2.24, 2.45) is 0 Å². The molecular weight excluding hydrogens is 154 g/mol. The first-order valence-electron chi connectivity index (χ1n) is 2.40. The van der Waals surface area contributed by atoms with Gasteiger partial charge in [0.1, 0.15) is 7.85 Å². The molecule has 0 N–H and O–H groups in total. The summed E-state index contributed by atoms with van der Waals surface area (Å²) in [7, 11) is 5.39. The molecule has 0 aliphatic carbocycles. The maximum absolute atomic E-state index is 5.59. The van der Waals surface area contributed by atoms with Crippen molar-refractivity contribution in [1.82, 2.24) is 0 Å². The van der Waals surface area contributed by atoms with E-state index in [9.17, 15) is 0 Å². The summed E-state index contributed by atoms with van der Waals surface area (Å²) >= 11 is 11.2. The Labute approximate surface area is 65.2 Å². The van der Waals surface area contributed by atoms with Crippen molar-refractivity contribution >= 4 is 36.5 Å². The van der Waals surface area contributed by atoms with Crippen molar-refractivity contribution < 1.29 is 0 Å². The van der Waals surface area contributed by atoms with E-state index in [-0.39, 0.29) is 0 Å². The minimum Gasteiger partial charge on any atom is -0.0937 e. The van der Waals surface area contributed by atoms with Gasteiger partial charge in [-0.05, 0) is 6.07 Å². The lowest BCUT2D eigenvalue weighted by Gasteiger charge is -1.93. The maximum atomic E-state index is 5.59. The summed E-state index contributed by atoms with van der Waals surface area (Å²) in [6, 6.07) is 4.93. The summed E-state index contributed by atoms with van der Waals surface area (Å²) < 4.78 is 0. The lowest BCUT2D eigenvalue weighted by Crippen LogP contribution is -1.99. The second-order valence-electron chi connectivity index (χ2n) is 1.70. The molecule has 0 aliphatic heterocycles. The van der Waals surface area contributed by atoms with Crippen molar-refractivity contribution in [1.29, 1.82) is 0 Å². The standard InChI is InChI=1S/C6H3BCl2/c7-4-1-5(8)3-6(9)2-4/h1-3H. The van der Waals surface area contributed by atoms with Crippen LogP contribution in [0.5, 0.6) is 0 Å². The number of hydrogen-bond donors (Lipinski definition) is 0. The van der Waals surface area contributed by atoms with Crippen LogP contribution in [0.2, 0.25) is 10.0 Å². The first-order chi connectivity index (χ1) is 4.18. The van der Waals surface area contributed by atoms with Crippen LogP contribution in [0.15, 0.2) is 18.2 Å². The zero-order valence-corrected chi connectivity index (χ0v) is 6.08. The maximum Gasteiger partial charge on any atom is 0.113 e. The molecule has 0 aliphatic rings. The number of halogens is 2. The molecule has 0 amide bonds. The summed E-state index contributed by atoms with van der Waals surface area (Å²) in [5.41, 5.74) is 0.590. The smallest absolute Gasteiger partial charge is 0.0937 e. The molecule has 0 saturated heterocycles. The molecule has 1 aromatic carbocycles. The van der Waals surface area contributed by atoms with E-state index in [2.05, 4.69) is 0 Å². The lowest BCUT2D eigenvalue weighted by molar-refractivity contribution is 1.76. The van der Waals surface area contributed by atoms with Gasteiger partial charge in [0.05, 0.1) is 0 Å². The summed E-state index contributed by atoms with van der Waals surface area (Å²) in [4.78, 5) is 0. The highest BCUT2D eigenvalue weighted by Crippen LogP contribution is 2.12. The Hall–Kier alpha value is -0.135. The molecule has 1 aromatic rings. The third-order valence-electron chi connectivity index (χ3n) is 0.885. The minimum atomic E-state index is 0.569. The fourth-order valence-electron chi connectivity index (χ4n) is 0.575. The third-order valence-corrected chi connectivity index (χ3v) is 1.32. The second kappa shape index (κ2) is 2.63. The van der Waals surface area contributed by atoms with Gasteiger partial charge in [-0.2, -0.15) is 0 Å². The highest BCUT2D eigenvalue weighted by Gasteiger charge is 1.90. The minimum absolute atomic E-state index is 0.569. The quantitative estimate of drug-likeness (QED) is 0.503. The zero-order valence-electron chi connectivity index (χ0n) is 4.57. The van der Waals surface area contributed by atoms with Crippen LogP contribution in [-0.2, 0) is 0 Å². The molecular formula is C6H3BCl2. The molecule has 0 saturated carbocycles. The Morgan fingerprint density at radius 2 is 1.44 bits per heavy atom. The van der Waals surface area contributed by atoms with Crippen LogP contribution in [0.25, 0.3) is 0 Å². The molecule has 9 heavy (non-hydrogen) atoms. The molecule has 0 aromatic heterocycles. The molecule has 1 rings (SSSR count). The van der Waals surface area contributed by atoms with Crippen LogP contribution in [0.1, 0.15) is 0 Å². The molecule has 0 fully saturated rings. The van der Waals surface area contributed by atoms with Crippen molar-refractivity contribution in [2.45, 2.75) is 0 Å². The van der Waals surface area contributed by atoms with Crippen LogP contribution in [0, 0.1) is 0 Å². The van der Waals surface area contributed by atoms with Gasteiger partial charge < -0.3 is 0 Å². The van der Waals surface area contributed by atoms with Crippen LogP contribution < -0.4 is 5.46 Å². The summed E-state index contributed by atoms with van der Waals surface area (Å²) in [6.07, 6.45) is 0. The molecule has 3 heteroatoms. The second-order valence-corrected chi connectivity index (χ2v) is 2.58. The molecule has 0 nitrogen and oxygen atoms in total. The monoisotopic (exact) mass is 156 g/mol. The Bertz CT molecular complexity index is 172. The van der Waals surface area contributed by atoms with Crippen LogP contribution in [0.4, 0.5) is 0 Å². The Morgan fingerprint density at radius 3 is 1.78 bits per heavy atom. The summed E-state index contributed by atoms with van der Waals surface area (Å²) in [5.74, 6) is 0. The van der Waals surface area contributed by atoms with Crippen molar-refractivity contribution in [3.8, 4) is 0 Å². The summed E-state index contributed by atoms with van der Waals surface area (Å²) in [5, 5.41) is 1.14. The largest absolute Gasteiger partial charge is 0.113 e.